The van der Waals surface area contributed by atoms with Gasteiger partial charge in [0.15, 0.2) is 0 Å². The van der Waals surface area contributed by atoms with Crippen molar-refractivity contribution < 1.29 is 4.79 Å². The number of rotatable bonds is 3. The minimum Gasteiger partial charge on any atom is -0.326 e. The molecule has 1 atom stereocenters. The van der Waals surface area contributed by atoms with Crippen molar-refractivity contribution >= 4 is 35.6 Å². The number of hydrogen-bond acceptors (Lipinski definition) is 3. The Balaban J connectivity index is 0.00000180. The van der Waals surface area contributed by atoms with Crippen molar-refractivity contribution in [2.45, 2.75) is 19.4 Å². The van der Waals surface area contributed by atoms with Gasteiger partial charge in [-0.05, 0) is 31.0 Å². The molecule has 1 aliphatic rings. The summed E-state index contributed by atoms with van der Waals surface area (Å²) in [6.45, 7) is 4.00. The second-order valence-corrected chi connectivity index (χ2v) is 5.20. The van der Waals surface area contributed by atoms with Gasteiger partial charge in [-0.25, -0.2) is 0 Å². The lowest BCUT2D eigenvalue weighted by molar-refractivity contribution is -0.117. The first-order valence-corrected chi connectivity index (χ1v) is 6.46. The zero-order valence-corrected chi connectivity index (χ0v) is 12.4. The van der Waals surface area contributed by atoms with Crippen LogP contribution in [0.2, 0.25) is 5.02 Å². The van der Waals surface area contributed by atoms with E-state index in [-0.39, 0.29) is 24.4 Å². The van der Waals surface area contributed by atoms with Crippen molar-refractivity contribution in [3.63, 3.8) is 0 Å². The quantitative estimate of drug-likeness (QED) is 0.898. The van der Waals surface area contributed by atoms with Crippen molar-refractivity contribution in [2.24, 2.45) is 5.73 Å². The average molecular weight is 304 g/mol. The Kier molecular flexibility index (Phi) is 6.07. The highest BCUT2D eigenvalue weighted by Crippen LogP contribution is 2.20. The highest BCUT2D eigenvalue weighted by Gasteiger charge is 2.20. The highest BCUT2D eigenvalue weighted by molar-refractivity contribution is 6.31. The molecule has 1 fully saturated rings. The Morgan fingerprint density at radius 1 is 1.58 bits per heavy atom. The van der Waals surface area contributed by atoms with Gasteiger partial charge in [0.05, 0.1) is 6.54 Å². The van der Waals surface area contributed by atoms with Gasteiger partial charge in [-0.3, -0.25) is 9.69 Å². The van der Waals surface area contributed by atoms with Crippen LogP contribution in [-0.4, -0.2) is 36.5 Å². The number of aryl methyl sites for hydroxylation is 1. The molecule has 1 aromatic carbocycles. The molecule has 0 saturated carbocycles. The first-order chi connectivity index (χ1) is 8.54. The van der Waals surface area contributed by atoms with Crippen LogP contribution in [-0.2, 0) is 4.79 Å². The summed E-state index contributed by atoms with van der Waals surface area (Å²) in [5.74, 6) is -0.0241. The summed E-state index contributed by atoms with van der Waals surface area (Å²) in [6, 6.07) is 5.72. The van der Waals surface area contributed by atoms with E-state index in [0.29, 0.717) is 11.6 Å². The molecule has 3 N–H and O–H groups in total. The van der Waals surface area contributed by atoms with E-state index in [1.165, 1.54) is 0 Å². The smallest absolute Gasteiger partial charge is 0.238 e. The molecule has 4 nitrogen and oxygen atoms in total. The topological polar surface area (TPSA) is 58.4 Å². The number of carbonyl (C=O) groups excluding carboxylic acids is 1. The number of nitrogens with zero attached hydrogens (tertiary/aromatic N) is 1. The number of nitrogens with two attached hydrogens (primary N) is 1. The third-order valence-corrected chi connectivity index (χ3v) is 3.54. The number of nitrogens with one attached hydrogen (secondary N) is 1. The van der Waals surface area contributed by atoms with E-state index >= 15 is 0 Å². The van der Waals surface area contributed by atoms with Crippen LogP contribution < -0.4 is 11.1 Å². The molecule has 0 bridgehead atoms. The lowest BCUT2D eigenvalue weighted by Gasteiger charge is -2.14. The Morgan fingerprint density at radius 3 is 2.89 bits per heavy atom. The minimum atomic E-state index is -0.0241. The van der Waals surface area contributed by atoms with E-state index in [1.807, 2.05) is 19.1 Å². The van der Waals surface area contributed by atoms with Crippen molar-refractivity contribution in [3.8, 4) is 0 Å². The van der Waals surface area contributed by atoms with E-state index in [9.17, 15) is 4.79 Å². The van der Waals surface area contributed by atoms with E-state index in [2.05, 4.69) is 10.2 Å². The van der Waals surface area contributed by atoms with Crippen molar-refractivity contribution in [2.75, 3.05) is 25.0 Å². The molecule has 1 amide bonds. The van der Waals surface area contributed by atoms with Crippen molar-refractivity contribution in [3.05, 3.63) is 28.8 Å². The molecular formula is C13H19Cl2N3O. The number of halogens is 2. The van der Waals surface area contributed by atoms with Gasteiger partial charge in [0.1, 0.15) is 0 Å². The van der Waals surface area contributed by atoms with Gasteiger partial charge in [0.25, 0.3) is 0 Å². The molecule has 19 heavy (non-hydrogen) atoms. The summed E-state index contributed by atoms with van der Waals surface area (Å²) in [4.78, 5) is 13.9. The maximum atomic E-state index is 11.8. The molecule has 0 aromatic heterocycles. The fourth-order valence-corrected chi connectivity index (χ4v) is 2.26. The summed E-state index contributed by atoms with van der Waals surface area (Å²) in [6.07, 6.45) is 0.962. The lowest BCUT2D eigenvalue weighted by atomic mass is 10.2. The van der Waals surface area contributed by atoms with Crippen LogP contribution in [0, 0.1) is 6.92 Å². The average Bonchev–Trinajstić information content (AvgIpc) is 2.69. The fourth-order valence-electron chi connectivity index (χ4n) is 2.08. The van der Waals surface area contributed by atoms with E-state index in [4.69, 9.17) is 17.3 Å². The lowest BCUT2D eigenvalue weighted by Crippen LogP contribution is -2.33. The van der Waals surface area contributed by atoms with E-state index < -0.39 is 0 Å². The molecule has 1 heterocycles. The number of hydrogen-bond donors (Lipinski definition) is 2. The van der Waals surface area contributed by atoms with Gasteiger partial charge in [-0.2, -0.15) is 0 Å². The first-order valence-electron chi connectivity index (χ1n) is 6.08. The van der Waals surface area contributed by atoms with Crippen LogP contribution in [0.25, 0.3) is 0 Å². The van der Waals surface area contributed by atoms with Gasteiger partial charge < -0.3 is 11.1 Å². The van der Waals surface area contributed by atoms with Crippen molar-refractivity contribution in [1.29, 1.82) is 0 Å². The molecule has 0 radical (unpaired) electrons. The Morgan fingerprint density at radius 2 is 2.32 bits per heavy atom. The normalized spacial score (nSPS) is 19.0. The third kappa shape index (κ3) is 4.66. The number of likely N-dealkylation sites (tertiary alicyclic amines) is 1. The van der Waals surface area contributed by atoms with Gasteiger partial charge >= 0.3 is 0 Å². The summed E-state index contributed by atoms with van der Waals surface area (Å²) in [5, 5.41) is 3.51. The maximum Gasteiger partial charge on any atom is 0.238 e. The van der Waals surface area contributed by atoms with Crippen molar-refractivity contribution in [1.82, 2.24) is 4.90 Å². The van der Waals surface area contributed by atoms with Crippen LogP contribution in [0.1, 0.15) is 12.0 Å². The Bertz CT molecular complexity index is 454. The number of carbonyl (C=O) groups is 1. The standard InChI is InChI=1S/C13H18ClN3O.ClH/c1-9-2-3-11(6-12(9)14)16-13(18)8-17-5-4-10(15)7-17;/h2-3,6,10H,4-5,7-8,15H2,1H3,(H,16,18);1H/t10-;/m1./s1. The molecule has 1 saturated heterocycles. The van der Waals surface area contributed by atoms with E-state index in [1.54, 1.807) is 6.07 Å². The first kappa shape index (κ1) is 16.2. The van der Waals surface area contributed by atoms with Crippen LogP contribution in [0.5, 0.6) is 0 Å². The fraction of sp³-hybridized carbons (Fsp3) is 0.462. The van der Waals surface area contributed by atoms with Crippen LogP contribution in [0.4, 0.5) is 5.69 Å². The van der Waals surface area contributed by atoms with Crippen LogP contribution in [0.3, 0.4) is 0 Å². The second-order valence-electron chi connectivity index (χ2n) is 4.80. The Hall–Kier alpha value is -0.810. The minimum absolute atomic E-state index is 0. The monoisotopic (exact) mass is 303 g/mol. The summed E-state index contributed by atoms with van der Waals surface area (Å²) < 4.78 is 0. The van der Waals surface area contributed by atoms with Gasteiger partial charge in [0.2, 0.25) is 5.91 Å². The summed E-state index contributed by atoms with van der Waals surface area (Å²) >= 11 is 6.01. The molecule has 106 valence electrons. The number of anilines is 1. The molecule has 0 aliphatic carbocycles. The molecule has 2 rings (SSSR count). The molecule has 0 spiro atoms. The molecule has 0 unspecified atom stereocenters. The SMILES string of the molecule is Cc1ccc(NC(=O)CN2CC[C@@H](N)C2)cc1Cl.Cl. The second kappa shape index (κ2) is 7.10. The zero-order valence-electron chi connectivity index (χ0n) is 10.9. The maximum absolute atomic E-state index is 11.8. The zero-order chi connectivity index (χ0) is 13.1. The molecule has 6 heteroatoms. The molecule has 1 aromatic rings. The van der Waals surface area contributed by atoms with E-state index in [0.717, 1.165) is 30.8 Å². The van der Waals surface area contributed by atoms with Crippen LogP contribution >= 0.6 is 24.0 Å². The Labute approximate surface area is 124 Å². The van der Waals surface area contributed by atoms with Crippen LogP contribution in [0.15, 0.2) is 18.2 Å². The van der Waals surface area contributed by atoms with Gasteiger partial charge in [-0.15, -0.1) is 12.4 Å². The predicted octanol–water partition coefficient (Wildman–Crippen LogP) is 2.04. The molecular weight excluding hydrogens is 285 g/mol. The van der Waals surface area contributed by atoms with Gasteiger partial charge in [0, 0.05) is 29.8 Å². The largest absolute Gasteiger partial charge is 0.326 e. The predicted molar refractivity (Wildman–Crippen MR) is 81.1 cm³/mol. The molecule has 1 aliphatic heterocycles. The highest BCUT2D eigenvalue weighted by atomic mass is 35.5. The third-order valence-electron chi connectivity index (χ3n) is 3.13. The van der Waals surface area contributed by atoms with Gasteiger partial charge in [-0.1, -0.05) is 17.7 Å². The number of amides is 1. The summed E-state index contributed by atoms with van der Waals surface area (Å²) in [7, 11) is 0. The summed E-state index contributed by atoms with van der Waals surface area (Å²) in [5.41, 5.74) is 7.53. The number of benzene rings is 1.